The second kappa shape index (κ2) is 2.63. The summed E-state index contributed by atoms with van der Waals surface area (Å²) in [5, 5.41) is 3.48. The maximum absolute atomic E-state index is 5.32. The number of aryl methyl sites for hydroxylation is 1. The zero-order chi connectivity index (χ0) is 8.60. The first-order chi connectivity index (χ1) is 5.70. The van der Waals surface area contributed by atoms with E-state index in [1.54, 1.807) is 6.26 Å². The fraction of sp³-hybridized carbons (Fsp3) is 0.600. The van der Waals surface area contributed by atoms with Gasteiger partial charge in [0.05, 0.1) is 12.8 Å². The molecule has 2 heteroatoms. The van der Waals surface area contributed by atoms with Crippen LogP contribution in [0.2, 0.25) is 0 Å². The van der Waals surface area contributed by atoms with Gasteiger partial charge < -0.3 is 9.73 Å². The van der Waals surface area contributed by atoms with Crippen molar-refractivity contribution in [2.24, 2.45) is 0 Å². The van der Waals surface area contributed by atoms with Crippen LogP contribution in [0.25, 0.3) is 0 Å². The molecule has 0 bridgehead atoms. The summed E-state index contributed by atoms with van der Waals surface area (Å²) in [6.07, 6.45) is 4.35. The second-order valence-electron chi connectivity index (χ2n) is 3.94. The van der Waals surface area contributed by atoms with Gasteiger partial charge in [-0.1, -0.05) is 0 Å². The molecular formula is C10H15NO. The molecule has 1 aliphatic carbocycles. The Morgan fingerprint density at radius 1 is 1.58 bits per heavy atom. The lowest BCUT2D eigenvalue weighted by atomic mass is 10.2. The first-order valence-electron chi connectivity index (χ1n) is 4.48. The monoisotopic (exact) mass is 165 g/mol. The Labute approximate surface area is 73.0 Å². The second-order valence-corrected chi connectivity index (χ2v) is 3.94. The van der Waals surface area contributed by atoms with Crippen molar-refractivity contribution in [3.05, 3.63) is 23.7 Å². The molecule has 0 saturated heterocycles. The lowest BCUT2D eigenvalue weighted by Crippen LogP contribution is -2.26. The maximum Gasteiger partial charge on any atom is 0.120 e. The van der Waals surface area contributed by atoms with Crippen molar-refractivity contribution in [1.29, 1.82) is 0 Å². The molecule has 0 amide bonds. The summed E-state index contributed by atoms with van der Waals surface area (Å²) >= 11 is 0. The van der Waals surface area contributed by atoms with Crippen LogP contribution in [0.3, 0.4) is 0 Å². The van der Waals surface area contributed by atoms with Gasteiger partial charge in [-0.3, -0.25) is 0 Å². The highest BCUT2D eigenvalue weighted by Gasteiger charge is 2.36. The van der Waals surface area contributed by atoms with E-state index in [0.717, 1.165) is 12.3 Å². The molecule has 1 N–H and O–H groups in total. The highest BCUT2D eigenvalue weighted by Crippen LogP contribution is 2.34. The van der Waals surface area contributed by atoms with Gasteiger partial charge >= 0.3 is 0 Å². The van der Waals surface area contributed by atoms with E-state index < -0.39 is 0 Å². The molecule has 0 radical (unpaired) electrons. The Kier molecular flexibility index (Phi) is 1.72. The molecule has 1 fully saturated rings. The van der Waals surface area contributed by atoms with Crippen molar-refractivity contribution in [2.75, 3.05) is 0 Å². The molecular weight excluding hydrogens is 150 g/mol. The van der Waals surface area contributed by atoms with Gasteiger partial charge in [0.2, 0.25) is 0 Å². The summed E-state index contributed by atoms with van der Waals surface area (Å²) in [5.41, 5.74) is 1.64. The maximum atomic E-state index is 5.32. The third-order valence-corrected chi connectivity index (χ3v) is 2.64. The summed E-state index contributed by atoms with van der Waals surface area (Å²) in [6, 6.07) is 2.01. The summed E-state index contributed by atoms with van der Waals surface area (Å²) in [6.45, 7) is 5.20. The molecule has 2 rings (SSSR count). The molecule has 66 valence electrons. The fourth-order valence-corrected chi connectivity index (χ4v) is 1.24. The number of hydrogen-bond acceptors (Lipinski definition) is 2. The van der Waals surface area contributed by atoms with E-state index in [0.29, 0.717) is 5.54 Å². The molecule has 1 aliphatic rings. The molecule has 0 aliphatic heterocycles. The van der Waals surface area contributed by atoms with Crippen molar-refractivity contribution >= 4 is 0 Å². The SMILES string of the molecule is Cc1ccoc1CNC1(C)CC1. The topological polar surface area (TPSA) is 25.2 Å². The molecule has 1 saturated carbocycles. The van der Waals surface area contributed by atoms with E-state index in [1.165, 1.54) is 18.4 Å². The van der Waals surface area contributed by atoms with Crippen LogP contribution < -0.4 is 5.32 Å². The van der Waals surface area contributed by atoms with E-state index in [2.05, 4.69) is 19.2 Å². The third-order valence-electron chi connectivity index (χ3n) is 2.64. The average molecular weight is 165 g/mol. The van der Waals surface area contributed by atoms with Gasteiger partial charge in [-0.15, -0.1) is 0 Å². The Hall–Kier alpha value is -0.760. The first-order valence-corrected chi connectivity index (χ1v) is 4.48. The molecule has 2 nitrogen and oxygen atoms in total. The summed E-state index contributed by atoms with van der Waals surface area (Å²) in [7, 11) is 0. The van der Waals surface area contributed by atoms with Gasteiger partial charge in [-0.2, -0.15) is 0 Å². The van der Waals surface area contributed by atoms with Gasteiger partial charge in [0, 0.05) is 5.54 Å². The smallest absolute Gasteiger partial charge is 0.120 e. The average Bonchev–Trinajstić information content (AvgIpc) is 2.61. The van der Waals surface area contributed by atoms with E-state index in [-0.39, 0.29) is 0 Å². The molecule has 0 aromatic carbocycles. The molecule has 0 spiro atoms. The van der Waals surface area contributed by atoms with Gasteiger partial charge in [-0.25, -0.2) is 0 Å². The minimum atomic E-state index is 0.402. The van der Waals surface area contributed by atoms with Crippen LogP contribution in [0.15, 0.2) is 16.7 Å². The zero-order valence-corrected chi connectivity index (χ0v) is 7.68. The number of hydrogen-bond donors (Lipinski definition) is 1. The number of rotatable bonds is 3. The Bertz CT molecular complexity index is 273. The molecule has 1 aromatic heterocycles. The molecule has 0 atom stereocenters. The summed E-state index contributed by atoms with van der Waals surface area (Å²) in [5.74, 6) is 1.07. The van der Waals surface area contributed by atoms with Crippen molar-refractivity contribution in [3.8, 4) is 0 Å². The van der Waals surface area contributed by atoms with E-state index >= 15 is 0 Å². The minimum absolute atomic E-state index is 0.402. The van der Waals surface area contributed by atoms with Gasteiger partial charge in [0.15, 0.2) is 0 Å². The van der Waals surface area contributed by atoms with Crippen LogP contribution in [0, 0.1) is 6.92 Å². The van der Waals surface area contributed by atoms with Crippen LogP contribution >= 0.6 is 0 Å². The minimum Gasteiger partial charge on any atom is -0.468 e. The van der Waals surface area contributed by atoms with Crippen molar-refractivity contribution in [3.63, 3.8) is 0 Å². The molecule has 0 unspecified atom stereocenters. The van der Waals surface area contributed by atoms with Gasteiger partial charge in [0.1, 0.15) is 5.76 Å². The highest BCUT2D eigenvalue weighted by molar-refractivity contribution is 5.15. The predicted molar refractivity (Wildman–Crippen MR) is 47.9 cm³/mol. The van der Waals surface area contributed by atoms with Crippen LogP contribution in [-0.4, -0.2) is 5.54 Å². The van der Waals surface area contributed by atoms with Crippen molar-refractivity contribution < 1.29 is 4.42 Å². The quantitative estimate of drug-likeness (QED) is 0.743. The van der Waals surface area contributed by atoms with Crippen molar-refractivity contribution in [2.45, 2.75) is 38.8 Å². The predicted octanol–water partition coefficient (Wildman–Crippen LogP) is 2.23. The molecule has 1 aromatic rings. The van der Waals surface area contributed by atoms with Crippen LogP contribution in [0.5, 0.6) is 0 Å². The molecule has 1 heterocycles. The van der Waals surface area contributed by atoms with E-state index in [9.17, 15) is 0 Å². The van der Waals surface area contributed by atoms with Crippen LogP contribution in [-0.2, 0) is 6.54 Å². The Balaban J connectivity index is 1.91. The third kappa shape index (κ3) is 1.53. The first kappa shape index (κ1) is 7.87. The van der Waals surface area contributed by atoms with Gasteiger partial charge in [-0.05, 0) is 38.3 Å². The van der Waals surface area contributed by atoms with Crippen LogP contribution in [0.4, 0.5) is 0 Å². The normalized spacial score (nSPS) is 19.5. The fourth-order valence-electron chi connectivity index (χ4n) is 1.24. The van der Waals surface area contributed by atoms with Gasteiger partial charge in [0.25, 0.3) is 0 Å². The number of furan rings is 1. The largest absolute Gasteiger partial charge is 0.468 e. The van der Waals surface area contributed by atoms with Crippen molar-refractivity contribution in [1.82, 2.24) is 5.32 Å². The zero-order valence-electron chi connectivity index (χ0n) is 7.68. The standard InChI is InChI=1S/C10H15NO/c1-8-3-6-12-9(8)7-11-10(2)4-5-10/h3,6,11H,4-5,7H2,1-2H3. The lowest BCUT2D eigenvalue weighted by Gasteiger charge is -2.09. The van der Waals surface area contributed by atoms with Crippen LogP contribution in [0.1, 0.15) is 31.1 Å². The summed E-state index contributed by atoms with van der Waals surface area (Å²) in [4.78, 5) is 0. The Morgan fingerprint density at radius 2 is 2.33 bits per heavy atom. The van der Waals surface area contributed by atoms with E-state index in [4.69, 9.17) is 4.42 Å². The van der Waals surface area contributed by atoms with E-state index in [1.807, 2.05) is 6.07 Å². The highest BCUT2D eigenvalue weighted by atomic mass is 16.3. The number of nitrogens with one attached hydrogen (secondary N) is 1. The lowest BCUT2D eigenvalue weighted by molar-refractivity contribution is 0.446. The molecule has 12 heavy (non-hydrogen) atoms. The Morgan fingerprint density at radius 3 is 2.83 bits per heavy atom. The summed E-state index contributed by atoms with van der Waals surface area (Å²) < 4.78 is 5.32.